The van der Waals surface area contributed by atoms with Gasteiger partial charge >= 0.3 is 0 Å². The summed E-state index contributed by atoms with van der Waals surface area (Å²) >= 11 is 6.11. The van der Waals surface area contributed by atoms with E-state index in [1.165, 1.54) is 54.6 Å². The number of anilines is 2. The number of nitrogens with two attached hydrogens (primary N) is 1. The van der Waals surface area contributed by atoms with Gasteiger partial charge in [0, 0.05) is 16.9 Å². The Hall–Kier alpha value is -3.36. The Morgan fingerprint density at radius 1 is 0.862 bits per heavy atom. The van der Waals surface area contributed by atoms with Gasteiger partial charge in [0.25, 0.3) is 15.9 Å². The molecular weight excluding hydrogens is 414 g/mol. The van der Waals surface area contributed by atoms with Crippen LogP contribution in [-0.2, 0) is 10.0 Å². The van der Waals surface area contributed by atoms with Gasteiger partial charge in [-0.25, -0.2) is 8.42 Å². The molecule has 0 radical (unpaired) electrons. The standard InChI is InChI=1S/C20H16ClN3O4S/c21-18-11-10-15(24-29(27,28)16-4-2-1-3-5-16)12-17(18)20(26)23-14-8-6-13(7-9-14)19(22)25/h1-12,24H,(H2,22,25)(H,23,26). The average molecular weight is 430 g/mol. The van der Waals surface area contributed by atoms with E-state index in [0.717, 1.165) is 0 Å². The predicted octanol–water partition coefficient (Wildman–Crippen LogP) is 3.49. The minimum atomic E-state index is -3.81. The molecule has 7 nitrogen and oxygen atoms in total. The molecule has 0 fully saturated rings. The van der Waals surface area contributed by atoms with Crippen LogP contribution in [-0.4, -0.2) is 20.2 Å². The SMILES string of the molecule is NC(=O)c1ccc(NC(=O)c2cc(NS(=O)(=O)c3ccccc3)ccc2Cl)cc1. The average Bonchev–Trinajstić information content (AvgIpc) is 2.70. The number of halogens is 1. The molecule has 2 amide bonds. The van der Waals surface area contributed by atoms with E-state index in [1.807, 2.05) is 0 Å². The largest absolute Gasteiger partial charge is 0.366 e. The number of hydrogen-bond acceptors (Lipinski definition) is 4. The van der Waals surface area contributed by atoms with Crippen molar-refractivity contribution in [2.75, 3.05) is 10.0 Å². The zero-order valence-corrected chi connectivity index (χ0v) is 16.5. The summed E-state index contributed by atoms with van der Waals surface area (Å²) in [5, 5.41) is 2.79. The minimum absolute atomic E-state index is 0.0823. The summed E-state index contributed by atoms with van der Waals surface area (Å²) in [4.78, 5) is 23.8. The lowest BCUT2D eigenvalue weighted by Gasteiger charge is -2.11. The van der Waals surface area contributed by atoms with E-state index in [4.69, 9.17) is 17.3 Å². The van der Waals surface area contributed by atoms with Crippen LogP contribution in [0.5, 0.6) is 0 Å². The van der Waals surface area contributed by atoms with Gasteiger partial charge in [-0.1, -0.05) is 29.8 Å². The van der Waals surface area contributed by atoms with Crippen LogP contribution in [0.2, 0.25) is 5.02 Å². The molecule has 0 bridgehead atoms. The maximum absolute atomic E-state index is 12.6. The van der Waals surface area contributed by atoms with Crippen molar-refractivity contribution in [1.82, 2.24) is 0 Å². The first-order valence-corrected chi connectivity index (χ1v) is 10.2. The summed E-state index contributed by atoms with van der Waals surface area (Å²) in [6.07, 6.45) is 0. The van der Waals surface area contributed by atoms with Gasteiger partial charge in [-0.15, -0.1) is 0 Å². The molecule has 3 aromatic carbocycles. The van der Waals surface area contributed by atoms with Crippen LogP contribution >= 0.6 is 11.6 Å². The normalized spacial score (nSPS) is 10.9. The summed E-state index contributed by atoms with van der Waals surface area (Å²) in [7, 11) is -3.81. The van der Waals surface area contributed by atoms with Gasteiger partial charge in [-0.05, 0) is 54.6 Å². The quantitative estimate of drug-likeness (QED) is 0.555. The van der Waals surface area contributed by atoms with Crippen molar-refractivity contribution in [2.45, 2.75) is 4.90 Å². The maximum Gasteiger partial charge on any atom is 0.261 e. The molecule has 0 saturated heterocycles. The molecule has 0 aliphatic rings. The number of primary amides is 1. The van der Waals surface area contributed by atoms with Crippen LogP contribution in [0.15, 0.2) is 77.7 Å². The number of nitrogens with one attached hydrogen (secondary N) is 2. The zero-order valence-electron chi connectivity index (χ0n) is 14.9. The molecule has 0 aliphatic heterocycles. The summed E-state index contributed by atoms with van der Waals surface area (Å²) in [5.41, 5.74) is 6.18. The first-order valence-electron chi connectivity index (χ1n) is 8.35. The van der Waals surface area contributed by atoms with Gasteiger partial charge < -0.3 is 11.1 Å². The van der Waals surface area contributed by atoms with Gasteiger partial charge in [-0.3, -0.25) is 14.3 Å². The van der Waals surface area contributed by atoms with Gasteiger partial charge in [0.1, 0.15) is 0 Å². The van der Waals surface area contributed by atoms with Crippen LogP contribution < -0.4 is 15.8 Å². The third-order valence-corrected chi connectivity index (χ3v) is 5.67. The Kier molecular flexibility index (Phi) is 5.86. The minimum Gasteiger partial charge on any atom is -0.366 e. The second kappa shape index (κ2) is 8.34. The monoisotopic (exact) mass is 429 g/mol. The molecule has 3 rings (SSSR count). The Bertz CT molecular complexity index is 1160. The van der Waals surface area contributed by atoms with Crippen molar-refractivity contribution in [1.29, 1.82) is 0 Å². The topological polar surface area (TPSA) is 118 Å². The second-order valence-corrected chi connectivity index (χ2v) is 8.10. The number of hydrogen-bond donors (Lipinski definition) is 3. The zero-order chi connectivity index (χ0) is 21.0. The number of rotatable bonds is 6. The summed E-state index contributed by atoms with van der Waals surface area (Å²) in [5.74, 6) is -1.12. The van der Waals surface area contributed by atoms with Crippen molar-refractivity contribution in [3.8, 4) is 0 Å². The molecule has 0 heterocycles. The van der Waals surface area contributed by atoms with Gasteiger partial charge in [0.2, 0.25) is 5.91 Å². The van der Waals surface area contributed by atoms with Crippen LogP contribution in [0.1, 0.15) is 20.7 Å². The predicted molar refractivity (Wildman–Crippen MR) is 112 cm³/mol. The molecule has 29 heavy (non-hydrogen) atoms. The molecule has 0 atom stereocenters. The van der Waals surface area contributed by atoms with Crippen LogP contribution in [0.25, 0.3) is 0 Å². The Labute approximate surface area is 172 Å². The van der Waals surface area contributed by atoms with Crippen LogP contribution in [0.4, 0.5) is 11.4 Å². The number of carbonyl (C=O) groups is 2. The molecule has 0 saturated carbocycles. The fourth-order valence-corrected chi connectivity index (χ4v) is 3.77. The highest BCUT2D eigenvalue weighted by molar-refractivity contribution is 7.92. The van der Waals surface area contributed by atoms with Crippen LogP contribution in [0.3, 0.4) is 0 Å². The number of amides is 2. The smallest absolute Gasteiger partial charge is 0.261 e. The van der Waals surface area contributed by atoms with E-state index in [0.29, 0.717) is 11.3 Å². The number of benzene rings is 3. The third-order valence-electron chi connectivity index (χ3n) is 3.94. The Morgan fingerprint density at radius 2 is 1.48 bits per heavy atom. The molecule has 9 heteroatoms. The Balaban J connectivity index is 1.81. The second-order valence-electron chi connectivity index (χ2n) is 6.01. The Morgan fingerprint density at radius 3 is 2.10 bits per heavy atom. The van der Waals surface area contributed by atoms with Crippen molar-refractivity contribution < 1.29 is 18.0 Å². The van der Waals surface area contributed by atoms with Gasteiger partial charge in [0.05, 0.1) is 15.5 Å². The maximum atomic E-state index is 12.6. The van der Waals surface area contributed by atoms with E-state index < -0.39 is 21.8 Å². The summed E-state index contributed by atoms with van der Waals surface area (Å²) < 4.78 is 27.3. The fourth-order valence-electron chi connectivity index (χ4n) is 2.49. The first-order chi connectivity index (χ1) is 13.8. The number of sulfonamides is 1. The molecule has 0 aromatic heterocycles. The van der Waals surface area contributed by atoms with E-state index in [2.05, 4.69) is 10.0 Å². The van der Waals surface area contributed by atoms with Crippen molar-refractivity contribution in [3.63, 3.8) is 0 Å². The highest BCUT2D eigenvalue weighted by Crippen LogP contribution is 2.24. The molecular formula is C20H16ClN3O4S. The fraction of sp³-hybridized carbons (Fsp3) is 0. The lowest BCUT2D eigenvalue weighted by Crippen LogP contribution is -2.16. The van der Waals surface area contributed by atoms with Gasteiger partial charge in [-0.2, -0.15) is 0 Å². The highest BCUT2D eigenvalue weighted by atomic mass is 35.5. The summed E-state index contributed by atoms with van der Waals surface area (Å²) in [6, 6.07) is 18.1. The van der Waals surface area contributed by atoms with Crippen molar-refractivity contribution in [3.05, 3.63) is 88.9 Å². The van der Waals surface area contributed by atoms with E-state index in [1.54, 1.807) is 18.2 Å². The van der Waals surface area contributed by atoms with Crippen molar-refractivity contribution in [2.24, 2.45) is 5.73 Å². The molecule has 0 unspecified atom stereocenters. The molecule has 148 valence electrons. The van der Waals surface area contributed by atoms with Crippen molar-refractivity contribution >= 4 is 44.8 Å². The third kappa shape index (κ3) is 4.92. The summed E-state index contributed by atoms with van der Waals surface area (Å²) in [6.45, 7) is 0. The van der Waals surface area contributed by atoms with E-state index in [9.17, 15) is 18.0 Å². The van der Waals surface area contributed by atoms with E-state index in [-0.39, 0.29) is 21.2 Å². The molecule has 3 aromatic rings. The highest BCUT2D eigenvalue weighted by Gasteiger charge is 2.17. The lowest BCUT2D eigenvalue weighted by molar-refractivity contribution is 0.0998. The molecule has 0 aliphatic carbocycles. The van der Waals surface area contributed by atoms with E-state index >= 15 is 0 Å². The first kappa shape index (κ1) is 20.4. The molecule has 0 spiro atoms. The lowest BCUT2D eigenvalue weighted by atomic mass is 10.1. The van der Waals surface area contributed by atoms with Gasteiger partial charge in [0.15, 0.2) is 0 Å². The molecule has 4 N–H and O–H groups in total. The number of carbonyl (C=O) groups excluding carboxylic acids is 2. The van der Waals surface area contributed by atoms with Crippen LogP contribution in [0, 0.1) is 0 Å².